The third-order valence-corrected chi connectivity index (χ3v) is 8.90. The summed E-state index contributed by atoms with van der Waals surface area (Å²) in [5.41, 5.74) is 2.96. The van der Waals surface area contributed by atoms with E-state index in [0.717, 1.165) is 5.39 Å². The van der Waals surface area contributed by atoms with E-state index in [0.29, 0.717) is 37.9 Å². The second kappa shape index (κ2) is 10.8. The summed E-state index contributed by atoms with van der Waals surface area (Å²) < 4.78 is 31.1. The zero-order valence-corrected chi connectivity index (χ0v) is 22.9. The number of sulfonamides is 1. The average molecular weight is 570 g/mol. The van der Waals surface area contributed by atoms with Crippen LogP contribution in [0.5, 0.6) is 0 Å². The molecule has 0 unspecified atom stereocenters. The van der Waals surface area contributed by atoms with Crippen molar-refractivity contribution in [2.24, 2.45) is 0 Å². The van der Waals surface area contributed by atoms with Crippen LogP contribution in [-0.2, 0) is 22.3 Å². The van der Waals surface area contributed by atoms with Gasteiger partial charge >= 0.3 is 0 Å². The SMILES string of the molecule is Cc1ccccc1CSc1nnc(CNS(=O)(=O)c2cccc3ccccc23)n1-c1ccc(Cl)cc1Cl. The fourth-order valence-corrected chi connectivity index (χ4v) is 6.74. The zero-order valence-electron chi connectivity index (χ0n) is 19.7. The Kier molecular flexibility index (Phi) is 7.55. The number of hydrogen-bond acceptors (Lipinski definition) is 5. The number of halogens is 2. The molecule has 10 heteroatoms. The van der Waals surface area contributed by atoms with Gasteiger partial charge in [0.25, 0.3) is 0 Å². The third-order valence-electron chi connectivity index (χ3n) is 5.93. The second-order valence-corrected chi connectivity index (χ2v) is 11.9. The van der Waals surface area contributed by atoms with Gasteiger partial charge in [-0.15, -0.1) is 10.2 Å². The molecule has 0 saturated carbocycles. The van der Waals surface area contributed by atoms with Crippen LogP contribution in [0.2, 0.25) is 10.0 Å². The minimum atomic E-state index is -3.84. The summed E-state index contributed by atoms with van der Waals surface area (Å²) in [4.78, 5) is 0.204. The smallest absolute Gasteiger partial charge is 0.241 e. The quantitative estimate of drug-likeness (QED) is 0.208. The van der Waals surface area contributed by atoms with E-state index in [1.165, 1.54) is 22.9 Å². The van der Waals surface area contributed by atoms with Gasteiger partial charge in [0.05, 0.1) is 22.2 Å². The van der Waals surface area contributed by atoms with E-state index in [-0.39, 0.29) is 11.4 Å². The number of nitrogens with one attached hydrogen (secondary N) is 1. The fourth-order valence-electron chi connectivity index (χ4n) is 3.99. The molecule has 188 valence electrons. The Hall–Kier alpha value is -2.88. The van der Waals surface area contributed by atoms with E-state index in [2.05, 4.69) is 34.0 Å². The standard InChI is InChI=1S/C27H22Cl2N4O2S2/c1-18-7-2-3-9-20(18)17-36-27-32-31-26(33(27)24-14-13-21(28)15-23(24)29)16-30-37(34,35)25-12-6-10-19-8-4-5-11-22(19)25/h2-15,30H,16-17H2,1H3. The van der Waals surface area contributed by atoms with Crippen molar-refractivity contribution < 1.29 is 8.42 Å². The van der Waals surface area contributed by atoms with Crippen molar-refractivity contribution in [1.82, 2.24) is 19.5 Å². The molecule has 6 nitrogen and oxygen atoms in total. The number of benzene rings is 4. The maximum atomic E-state index is 13.3. The monoisotopic (exact) mass is 568 g/mol. The van der Waals surface area contributed by atoms with Crippen LogP contribution in [0.4, 0.5) is 0 Å². The number of rotatable bonds is 8. The Bertz CT molecular complexity index is 1700. The molecule has 0 aliphatic carbocycles. The molecule has 0 fully saturated rings. The lowest BCUT2D eigenvalue weighted by Gasteiger charge is -2.14. The average Bonchev–Trinajstić information content (AvgIpc) is 3.29. The Morgan fingerprint density at radius 2 is 1.68 bits per heavy atom. The van der Waals surface area contributed by atoms with E-state index in [4.69, 9.17) is 23.2 Å². The highest BCUT2D eigenvalue weighted by Crippen LogP contribution is 2.31. The van der Waals surface area contributed by atoms with Gasteiger partial charge in [-0.25, -0.2) is 13.1 Å². The van der Waals surface area contributed by atoms with Crippen LogP contribution < -0.4 is 4.72 Å². The lowest BCUT2D eigenvalue weighted by atomic mass is 10.1. The fraction of sp³-hybridized carbons (Fsp3) is 0.111. The minimum absolute atomic E-state index is 0.0809. The van der Waals surface area contributed by atoms with Gasteiger partial charge < -0.3 is 0 Å². The number of aryl methyl sites for hydroxylation is 1. The Morgan fingerprint density at radius 3 is 2.49 bits per heavy atom. The van der Waals surface area contributed by atoms with E-state index < -0.39 is 10.0 Å². The lowest BCUT2D eigenvalue weighted by Crippen LogP contribution is -2.25. The molecule has 0 aliphatic heterocycles. The van der Waals surface area contributed by atoms with Crippen LogP contribution >= 0.6 is 35.0 Å². The maximum absolute atomic E-state index is 13.3. The first kappa shape index (κ1) is 25.8. The molecule has 5 aromatic rings. The summed E-state index contributed by atoms with van der Waals surface area (Å²) in [6, 6.07) is 25.8. The molecular weight excluding hydrogens is 547 g/mol. The zero-order chi connectivity index (χ0) is 26.0. The van der Waals surface area contributed by atoms with Gasteiger partial charge in [-0.1, -0.05) is 95.6 Å². The Labute approximate surface area is 229 Å². The molecule has 1 N–H and O–H groups in total. The first-order valence-corrected chi connectivity index (χ1v) is 14.6. The molecule has 0 aliphatic rings. The highest BCUT2D eigenvalue weighted by Gasteiger charge is 2.22. The molecule has 4 aromatic carbocycles. The Balaban J connectivity index is 1.48. The van der Waals surface area contributed by atoms with Gasteiger partial charge in [-0.3, -0.25) is 4.57 Å². The predicted octanol–water partition coefficient (Wildman–Crippen LogP) is 6.81. The molecule has 1 heterocycles. The van der Waals surface area contributed by atoms with Gasteiger partial charge in [0.1, 0.15) is 0 Å². The van der Waals surface area contributed by atoms with Crippen molar-refractivity contribution in [3.8, 4) is 5.69 Å². The molecule has 0 radical (unpaired) electrons. The summed E-state index contributed by atoms with van der Waals surface area (Å²) in [5, 5.41) is 11.7. The topological polar surface area (TPSA) is 76.9 Å². The molecule has 1 aromatic heterocycles. The Morgan fingerprint density at radius 1 is 0.919 bits per heavy atom. The number of thioether (sulfide) groups is 1. The van der Waals surface area contributed by atoms with Crippen molar-refractivity contribution >= 4 is 55.8 Å². The van der Waals surface area contributed by atoms with Gasteiger partial charge in [0, 0.05) is 16.2 Å². The predicted molar refractivity (Wildman–Crippen MR) is 150 cm³/mol. The highest BCUT2D eigenvalue weighted by molar-refractivity contribution is 7.98. The van der Waals surface area contributed by atoms with Crippen molar-refractivity contribution in [1.29, 1.82) is 0 Å². The molecular formula is C27H22Cl2N4O2S2. The molecule has 0 spiro atoms. The highest BCUT2D eigenvalue weighted by atomic mass is 35.5. The summed E-state index contributed by atoms with van der Waals surface area (Å²) in [6.07, 6.45) is 0. The van der Waals surface area contributed by atoms with Gasteiger partial charge in [-0.05, 0) is 47.7 Å². The third kappa shape index (κ3) is 5.54. The molecule has 0 amide bonds. The molecule has 5 rings (SSSR count). The number of hydrogen-bond donors (Lipinski definition) is 1. The maximum Gasteiger partial charge on any atom is 0.241 e. The lowest BCUT2D eigenvalue weighted by molar-refractivity contribution is 0.579. The minimum Gasteiger partial charge on any atom is -0.271 e. The van der Waals surface area contributed by atoms with Crippen LogP contribution in [-0.4, -0.2) is 23.2 Å². The van der Waals surface area contributed by atoms with Crippen LogP contribution in [0, 0.1) is 6.92 Å². The number of aromatic nitrogens is 3. The van der Waals surface area contributed by atoms with Crippen LogP contribution in [0.1, 0.15) is 17.0 Å². The summed E-state index contributed by atoms with van der Waals surface area (Å²) in [6.45, 7) is 1.98. The van der Waals surface area contributed by atoms with Crippen molar-refractivity contribution in [3.63, 3.8) is 0 Å². The first-order chi connectivity index (χ1) is 17.8. The van der Waals surface area contributed by atoms with E-state index in [1.807, 2.05) is 36.4 Å². The number of fused-ring (bicyclic) bond motifs is 1. The van der Waals surface area contributed by atoms with Crippen LogP contribution in [0.3, 0.4) is 0 Å². The van der Waals surface area contributed by atoms with E-state index >= 15 is 0 Å². The molecule has 0 atom stereocenters. The normalized spacial score (nSPS) is 11.8. The van der Waals surface area contributed by atoms with Crippen LogP contribution in [0.15, 0.2) is 95.0 Å². The van der Waals surface area contributed by atoms with E-state index in [1.54, 1.807) is 41.0 Å². The summed E-state index contributed by atoms with van der Waals surface area (Å²) in [7, 11) is -3.84. The van der Waals surface area contributed by atoms with Gasteiger partial charge in [-0.2, -0.15) is 0 Å². The largest absolute Gasteiger partial charge is 0.271 e. The summed E-state index contributed by atoms with van der Waals surface area (Å²) in [5.74, 6) is 1.07. The number of nitrogens with zero attached hydrogens (tertiary/aromatic N) is 3. The van der Waals surface area contributed by atoms with Crippen molar-refractivity contribution in [2.45, 2.75) is 29.3 Å². The van der Waals surface area contributed by atoms with Crippen molar-refractivity contribution in [2.75, 3.05) is 0 Å². The molecule has 0 bridgehead atoms. The van der Waals surface area contributed by atoms with Crippen molar-refractivity contribution in [3.05, 3.63) is 112 Å². The van der Waals surface area contributed by atoms with Gasteiger partial charge in [0.15, 0.2) is 11.0 Å². The molecule has 37 heavy (non-hydrogen) atoms. The summed E-state index contributed by atoms with van der Waals surface area (Å²) >= 11 is 14.2. The van der Waals surface area contributed by atoms with Gasteiger partial charge in [0.2, 0.25) is 10.0 Å². The first-order valence-electron chi connectivity index (χ1n) is 11.4. The molecule has 0 saturated heterocycles. The second-order valence-electron chi connectivity index (χ2n) is 8.35. The van der Waals surface area contributed by atoms with E-state index in [9.17, 15) is 8.42 Å². The van der Waals surface area contributed by atoms with Crippen LogP contribution in [0.25, 0.3) is 16.5 Å².